The van der Waals surface area contributed by atoms with E-state index in [-0.39, 0.29) is 23.4 Å². The van der Waals surface area contributed by atoms with Crippen LogP contribution in [0.2, 0.25) is 0 Å². The van der Waals surface area contributed by atoms with Gasteiger partial charge in [0.25, 0.3) is 0 Å². The first-order valence-corrected chi connectivity index (χ1v) is 9.92. The minimum atomic E-state index is -2.95. The molecular formula is C17H21FN4O2S. The van der Waals surface area contributed by atoms with Gasteiger partial charge in [-0.05, 0) is 31.0 Å². The van der Waals surface area contributed by atoms with Crippen LogP contribution in [-0.4, -0.2) is 43.0 Å². The normalized spacial score (nSPS) is 18.9. The van der Waals surface area contributed by atoms with Crippen molar-refractivity contribution < 1.29 is 12.8 Å². The number of sulfone groups is 1. The molecule has 1 aliphatic rings. The van der Waals surface area contributed by atoms with Gasteiger partial charge in [-0.25, -0.2) is 17.8 Å². The van der Waals surface area contributed by atoms with Crippen LogP contribution in [0.3, 0.4) is 0 Å². The van der Waals surface area contributed by atoms with Crippen molar-refractivity contribution in [2.75, 3.05) is 28.8 Å². The smallest absolute Gasteiger partial charge is 0.225 e. The summed E-state index contributed by atoms with van der Waals surface area (Å²) in [5, 5.41) is 3.13. The van der Waals surface area contributed by atoms with E-state index < -0.39 is 9.84 Å². The fourth-order valence-corrected chi connectivity index (χ4v) is 4.64. The molecule has 0 bridgehead atoms. The average molecular weight is 364 g/mol. The van der Waals surface area contributed by atoms with Crippen LogP contribution in [0, 0.1) is 12.7 Å². The summed E-state index contributed by atoms with van der Waals surface area (Å²) in [6.45, 7) is 2.35. The maximum absolute atomic E-state index is 13.0. The van der Waals surface area contributed by atoms with Gasteiger partial charge >= 0.3 is 0 Å². The first kappa shape index (κ1) is 17.6. The number of aromatic nitrogens is 2. The fraction of sp³-hybridized carbons (Fsp3) is 0.412. The Morgan fingerprint density at radius 3 is 2.64 bits per heavy atom. The molecule has 1 aliphatic heterocycles. The van der Waals surface area contributed by atoms with Crippen LogP contribution >= 0.6 is 0 Å². The van der Waals surface area contributed by atoms with Gasteiger partial charge in [0.05, 0.1) is 11.5 Å². The molecule has 0 aliphatic carbocycles. The molecule has 0 amide bonds. The van der Waals surface area contributed by atoms with E-state index in [1.807, 2.05) is 24.9 Å². The Balaban J connectivity index is 1.72. The van der Waals surface area contributed by atoms with Crippen molar-refractivity contribution in [3.63, 3.8) is 0 Å². The number of benzene rings is 1. The zero-order valence-electron chi connectivity index (χ0n) is 14.2. The van der Waals surface area contributed by atoms with E-state index in [9.17, 15) is 12.8 Å². The number of aryl methyl sites for hydroxylation is 1. The maximum Gasteiger partial charge on any atom is 0.225 e. The van der Waals surface area contributed by atoms with Crippen molar-refractivity contribution in [3.8, 4) is 0 Å². The van der Waals surface area contributed by atoms with Crippen molar-refractivity contribution in [1.82, 2.24) is 9.97 Å². The van der Waals surface area contributed by atoms with E-state index >= 15 is 0 Å². The zero-order chi connectivity index (χ0) is 18.0. The first-order chi connectivity index (χ1) is 11.8. The lowest BCUT2D eigenvalue weighted by Crippen LogP contribution is -2.33. The molecule has 2 aromatic rings. The summed E-state index contributed by atoms with van der Waals surface area (Å²) in [5.74, 6) is 1.27. The largest absolute Gasteiger partial charge is 0.355 e. The van der Waals surface area contributed by atoms with Gasteiger partial charge in [-0.2, -0.15) is 4.98 Å². The number of anilines is 2. The molecule has 25 heavy (non-hydrogen) atoms. The molecule has 0 spiro atoms. The quantitative estimate of drug-likeness (QED) is 0.876. The second kappa shape index (κ2) is 6.95. The summed E-state index contributed by atoms with van der Waals surface area (Å²) in [6, 6.07) is 8.00. The minimum absolute atomic E-state index is 0.0655. The van der Waals surface area contributed by atoms with Gasteiger partial charge in [0.2, 0.25) is 5.95 Å². The van der Waals surface area contributed by atoms with Gasteiger partial charge in [-0.1, -0.05) is 12.1 Å². The Morgan fingerprint density at radius 1 is 1.28 bits per heavy atom. The number of halogens is 1. The van der Waals surface area contributed by atoms with Crippen molar-refractivity contribution in [3.05, 3.63) is 47.4 Å². The van der Waals surface area contributed by atoms with Crippen molar-refractivity contribution in [2.45, 2.75) is 25.9 Å². The predicted molar refractivity (Wildman–Crippen MR) is 96.0 cm³/mol. The van der Waals surface area contributed by atoms with Crippen LogP contribution in [0.15, 0.2) is 30.3 Å². The van der Waals surface area contributed by atoms with Gasteiger partial charge < -0.3 is 10.2 Å². The number of hydrogen-bond donors (Lipinski definition) is 1. The summed E-state index contributed by atoms with van der Waals surface area (Å²) in [6.07, 6.45) is 0.611. The third kappa shape index (κ3) is 4.45. The van der Waals surface area contributed by atoms with E-state index in [2.05, 4.69) is 15.3 Å². The molecule has 1 N–H and O–H groups in total. The van der Waals surface area contributed by atoms with Crippen LogP contribution in [0.1, 0.15) is 17.7 Å². The van der Waals surface area contributed by atoms with Gasteiger partial charge in [0, 0.05) is 31.4 Å². The number of rotatable bonds is 5. The molecule has 6 nitrogen and oxygen atoms in total. The Labute approximate surface area is 147 Å². The molecule has 1 saturated heterocycles. The van der Waals surface area contributed by atoms with Crippen LogP contribution < -0.4 is 10.2 Å². The molecule has 134 valence electrons. The lowest BCUT2D eigenvalue weighted by Gasteiger charge is -2.25. The Morgan fingerprint density at radius 2 is 2.00 bits per heavy atom. The van der Waals surface area contributed by atoms with E-state index in [0.717, 1.165) is 11.3 Å². The van der Waals surface area contributed by atoms with Gasteiger partial charge in [-0.3, -0.25) is 0 Å². The topological polar surface area (TPSA) is 75.2 Å². The van der Waals surface area contributed by atoms with E-state index in [1.54, 1.807) is 12.1 Å². The average Bonchev–Trinajstić information content (AvgIpc) is 2.93. The number of hydrogen-bond acceptors (Lipinski definition) is 6. The van der Waals surface area contributed by atoms with E-state index in [4.69, 9.17) is 0 Å². The molecule has 2 heterocycles. The second-order valence-corrected chi connectivity index (χ2v) is 8.57. The van der Waals surface area contributed by atoms with Gasteiger partial charge in [0.1, 0.15) is 11.6 Å². The molecule has 0 radical (unpaired) electrons. The molecule has 1 aromatic heterocycles. The molecule has 1 aromatic carbocycles. The number of nitrogens with one attached hydrogen (secondary N) is 1. The SMILES string of the molecule is Cc1cc(N(C)C2CCS(=O)(=O)C2)nc(NCc2ccc(F)cc2)n1. The third-order valence-electron chi connectivity index (χ3n) is 4.32. The third-order valence-corrected chi connectivity index (χ3v) is 6.07. The summed E-state index contributed by atoms with van der Waals surface area (Å²) in [4.78, 5) is 10.8. The summed E-state index contributed by atoms with van der Waals surface area (Å²) in [5.41, 5.74) is 1.71. The maximum atomic E-state index is 13.0. The molecule has 1 atom stereocenters. The number of nitrogens with zero attached hydrogens (tertiary/aromatic N) is 3. The standard InChI is InChI=1S/C17H21FN4O2S/c1-12-9-16(22(2)15-7-8-25(23,24)11-15)21-17(20-12)19-10-13-3-5-14(18)6-4-13/h3-6,9,15H,7-8,10-11H2,1-2H3,(H,19,20,21). The van der Waals surface area contributed by atoms with Crippen LogP contribution in [0.4, 0.5) is 16.2 Å². The van der Waals surface area contributed by atoms with Crippen LogP contribution in [-0.2, 0) is 16.4 Å². The Hall–Kier alpha value is -2.22. The van der Waals surface area contributed by atoms with Gasteiger partial charge in [0.15, 0.2) is 9.84 Å². The molecule has 1 fully saturated rings. The van der Waals surface area contributed by atoms with Crippen molar-refractivity contribution in [2.24, 2.45) is 0 Å². The minimum Gasteiger partial charge on any atom is -0.355 e. The zero-order valence-corrected chi connectivity index (χ0v) is 15.1. The Bertz CT molecular complexity index is 855. The molecular weight excluding hydrogens is 343 g/mol. The highest BCUT2D eigenvalue weighted by Crippen LogP contribution is 2.23. The van der Waals surface area contributed by atoms with Crippen LogP contribution in [0.25, 0.3) is 0 Å². The first-order valence-electron chi connectivity index (χ1n) is 8.10. The van der Waals surface area contributed by atoms with Crippen molar-refractivity contribution in [1.29, 1.82) is 0 Å². The van der Waals surface area contributed by atoms with E-state index in [1.165, 1.54) is 12.1 Å². The highest BCUT2D eigenvalue weighted by molar-refractivity contribution is 7.91. The summed E-state index contributed by atoms with van der Waals surface area (Å²) < 4.78 is 36.3. The molecule has 1 unspecified atom stereocenters. The van der Waals surface area contributed by atoms with E-state index in [0.29, 0.717) is 24.7 Å². The van der Waals surface area contributed by atoms with Crippen molar-refractivity contribution >= 4 is 21.6 Å². The molecule has 3 rings (SSSR count). The van der Waals surface area contributed by atoms with Gasteiger partial charge in [-0.15, -0.1) is 0 Å². The second-order valence-electron chi connectivity index (χ2n) is 6.34. The summed E-state index contributed by atoms with van der Waals surface area (Å²) >= 11 is 0. The van der Waals surface area contributed by atoms with Crippen LogP contribution in [0.5, 0.6) is 0 Å². The monoisotopic (exact) mass is 364 g/mol. The summed E-state index contributed by atoms with van der Waals surface area (Å²) in [7, 11) is -1.09. The fourth-order valence-electron chi connectivity index (χ4n) is 2.86. The highest BCUT2D eigenvalue weighted by Gasteiger charge is 2.31. The Kier molecular flexibility index (Phi) is 4.89. The molecule has 0 saturated carbocycles. The lowest BCUT2D eigenvalue weighted by atomic mass is 10.2. The predicted octanol–water partition coefficient (Wildman–Crippen LogP) is 2.16. The lowest BCUT2D eigenvalue weighted by molar-refractivity contribution is 0.600. The molecule has 8 heteroatoms. The highest BCUT2D eigenvalue weighted by atomic mass is 32.2.